The minimum atomic E-state index is -0.280. The zero-order chi connectivity index (χ0) is 14.6. The van der Waals surface area contributed by atoms with Crippen molar-refractivity contribution < 1.29 is 14.3 Å². The molecule has 3 unspecified atom stereocenters. The van der Waals surface area contributed by atoms with Gasteiger partial charge in [-0.05, 0) is 48.4 Å². The molecule has 2 fully saturated rings. The van der Waals surface area contributed by atoms with Crippen LogP contribution in [0.2, 0.25) is 0 Å². The van der Waals surface area contributed by atoms with E-state index in [0.717, 1.165) is 29.5 Å². The number of aliphatic hydroxyl groups excluding tert-OH is 1. The number of likely N-dealkylation sites (tertiary alicyclic amines) is 1. The van der Waals surface area contributed by atoms with Gasteiger partial charge >= 0.3 is 0 Å². The zero-order valence-corrected chi connectivity index (χ0v) is 12.3. The van der Waals surface area contributed by atoms with Gasteiger partial charge in [0.15, 0.2) is 0 Å². The maximum atomic E-state index is 13.2. The summed E-state index contributed by atoms with van der Waals surface area (Å²) in [6, 6.07) is 6.37. The van der Waals surface area contributed by atoms with Crippen molar-refractivity contribution in [1.82, 2.24) is 4.90 Å². The van der Waals surface area contributed by atoms with Crippen LogP contribution in [0.25, 0.3) is 10.1 Å². The second-order valence-corrected chi connectivity index (χ2v) is 7.16. The molecule has 1 amide bonds. The number of fused-ring (bicyclic) bond motifs is 2. The van der Waals surface area contributed by atoms with Gasteiger partial charge < -0.3 is 10.0 Å². The summed E-state index contributed by atoms with van der Waals surface area (Å²) in [5, 5.41) is 10.7. The molecule has 1 aromatic heterocycles. The fraction of sp³-hybridized carbons (Fsp3) is 0.438. The molecule has 21 heavy (non-hydrogen) atoms. The second kappa shape index (κ2) is 4.78. The maximum Gasteiger partial charge on any atom is 0.263 e. The highest BCUT2D eigenvalue weighted by Gasteiger charge is 2.43. The highest BCUT2D eigenvalue weighted by molar-refractivity contribution is 7.20. The van der Waals surface area contributed by atoms with Crippen LogP contribution in [0, 0.1) is 17.7 Å². The Morgan fingerprint density at radius 3 is 2.95 bits per heavy atom. The van der Waals surface area contributed by atoms with E-state index in [1.807, 2.05) is 4.90 Å². The van der Waals surface area contributed by atoms with Gasteiger partial charge in [0.2, 0.25) is 0 Å². The molecule has 1 saturated heterocycles. The molecule has 0 radical (unpaired) electrons. The summed E-state index contributed by atoms with van der Waals surface area (Å²) < 4.78 is 14.2. The molecule has 1 aliphatic heterocycles. The summed E-state index contributed by atoms with van der Waals surface area (Å²) in [6.07, 6.45) is 1.61. The van der Waals surface area contributed by atoms with Crippen LogP contribution in [-0.4, -0.2) is 35.1 Å². The van der Waals surface area contributed by atoms with Gasteiger partial charge in [-0.3, -0.25) is 4.79 Å². The Morgan fingerprint density at radius 1 is 1.29 bits per heavy atom. The smallest absolute Gasteiger partial charge is 0.263 e. The lowest BCUT2D eigenvalue weighted by Crippen LogP contribution is -2.30. The van der Waals surface area contributed by atoms with Crippen molar-refractivity contribution in [3.05, 3.63) is 35.0 Å². The Morgan fingerprint density at radius 2 is 2.14 bits per heavy atom. The molecule has 4 rings (SSSR count). The first kappa shape index (κ1) is 13.2. The Labute approximate surface area is 126 Å². The molecular formula is C16H16FNO2S. The van der Waals surface area contributed by atoms with E-state index in [4.69, 9.17) is 0 Å². The van der Waals surface area contributed by atoms with E-state index in [1.54, 1.807) is 12.1 Å². The third-order valence-corrected chi connectivity index (χ3v) is 5.90. The summed E-state index contributed by atoms with van der Waals surface area (Å²) in [4.78, 5) is 15.1. The first-order valence-electron chi connectivity index (χ1n) is 7.28. The molecule has 2 heterocycles. The number of carbonyl (C=O) groups excluding carboxylic acids is 1. The molecule has 2 aliphatic rings. The molecule has 1 aliphatic carbocycles. The molecule has 110 valence electrons. The quantitative estimate of drug-likeness (QED) is 0.880. The maximum absolute atomic E-state index is 13.2. The van der Waals surface area contributed by atoms with E-state index in [0.29, 0.717) is 17.3 Å². The van der Waals surface area contributed by atoms with Crippen molar-refractivity contribution in [1.29, 1.82) is 0 Å². The predicted octanol–water partition coefficient (Wildman–Crippen LogP) is 2.88. The highest BCUT2D eigenvalue weighted by Crippen LogP contribution is 2.39. The van der Waals surface area contributed by atoms with Crippen LogP contribution in [0.15, 0.2) is 24.3 Å². The lowest BCUT2D eigenvalue weighted by Gasteiger charge is -2.17. The third-order valence-electron chi connectivity index (χ3n) is 4.80. The monoisotopic (exact) mass is 305 g/mol. The zero-order valence-electron chi connectivity index (χ0n) is 11.5. The Kier molecular flexibility index (Phi) is 3.01. The number of halogens is 1. The summed E-state index contributed by atoms with van der Waals surface area (Å²) in [7, 11) is 0. The molecule has 0 bridgehead atoms. The van der Waals surface area contributed by atoms with E-state index in [2.05, 4.69) is 0 Å². The van der Waals surface area contributed by atoms with Gasteiger partial charge in [0.05, 0.1) is 11.0 Å². The molecule has 2 aromatic rings. The van der Waals surface area contributed by atoms with Crippen LogP contribution in [0.3, 0.4) is 0 Å². The lowest BCUT2D eigenvalue weighted by molar-refractivity contribution is 0.0757. The topological polar surface area (TPSA) is 40.5 Å². The van der Waals surface area contributed by atoms with E-state index < -0.39 is 0 Å². The standard InChI is InChI=1S/C16H16FNO2S/c17-11-2-4-14-10(5-11)6-15(21-14)16(20)18-7-9-1-3-13(19)12(9)8-18/h2,4-6,9,12-13,19H,1,3,7-8H2. The van der Waals surface area contributed by atoms with Gasteiger partial charge in [-0.1, -0.05) is 0 Å². The van der Waals surface area contributed by atoms with Crippen LogP contribution in [-0.2, 0) is 0 Å². The van der Waals surface area contributed by atoms with Gasteiger partial charge in [-0.2, -0.15) is 0 Å². The van der Waals surface area contributed by atoms with E-state index in [9.17, 15) is 14.3 Å². The summed E-state index contributed by atoms with van der Waals surface area (Å²) in [5.74, 6) is 0.410. The molecular weight excluding hydrogens is 289 g/mol. The van der Waals surface area contributed by atoms with Crippen molar-refractivity contribution in [3.8, 4) is 0 Å². The summed E-state index contributed by atoms with van der Waals surface area (Å²) in [5.41, 5.74) is 0. The van der Waals surface area contributed by atoms with Crippen molar-refractivity contribution in [3.63, 3.8) is 0 Å². The van der Waals surface area contributed by atoms with E-state index >= 15 is 0 Å². The Balaban J connectivity index is 1.59. The number of benzene rings is 1. The van der Waals surface area contributed by atoms with Crippen LogP contribution < -0.4 is 0 Å². The van der Waals surface area contributed by atoms with E-state index in [1.165, 1.54) is 23.5 Å². The molecule has 0 spiro atoms. The minimum absolute atomic E-state index is 0.0122. The largest absolute Gasteiger partial charge is 0.393 e. The highest BCUT2D eigenvalue weighted by atomic mass is 32.1. The molecule has 3 atom stereocenters. The molecule has 1 saturated carbocycles. The number of rotatable bonds is 1. The first-order valence-corrected chi connectivity index (χ1v) is 8.10. The Hall–Kier alpha value is -1.46. The number of thiophene rings is 1. The van der Waals surface area contributed by atoms with Gasteiger partial charge in [-0.15, -0.1) is 11.3 Å². The van der Waals surface area contributed by atoms with Crippen LogP contribution in [0.5, 0.6) is 0 Å². The molecule has 3 nitrogen and oxygen atoms in total. The number of carbonyl (C=O) groups is 1. The average molecular weight is 305 g/mol. The number of hydrogen-bond donors (Lipinski definition) is 1. The normalized spacial score (nSPS) is 28.3. The fourth-order valence-electron chi connectivity index (χ4n) is 3.68. The Bertz CT molecular complexity index is 713. The van der Waals surface area contributed by atoms with Crippen molar-refractivity contribution in [2.45, 2.75) is 18.9 Å². The predicted molar refractivity (Wildman–Crippen MR) is 79.9 cm³/mol. The number of aliphatic hydroxyl groups is 1. The fourth-order valence-corrected chi connectivity index (χ4v) is 4.69. The van der Waals surface area contributed by atoms with Crippen LogP contribution >= 0.6 is 11.3 Å². The number of amides is 1. The number of hydrogen-bond acceptors (Lipinski definition) is 3. The molecule has 1 N–H and O–H groups in total. The van der Waals surface area contributed by atoms with Crippen LogP contribution in [0.4, 0.5) is 4.39 Å². The van der Waals surface area contributed by atoms with Crippen molar-refractivity contribution in [2.75, 3.05) is 13.1 Å². The van der Waals surface area contributed by atoms with Crippen LogP contribution in [0.1, 0.15) is 22.5 Å². The summed E-state index contributed by atoms with van der Waals surface area (Å²) >= 11 is 1.41. The first-order chi connectivity index (χ1) is 10.1. The second-order valence-electron chi connectivity index (χ2n) is 6.07. The van der Waals surface area contributed by atoms with Crippen molar-refractivity contribution in [2.24, 2.45) is 11.8 Å². The average Bonchev–Trinajstić information content (AvgIpc) is 3.13. The molecule has 5 heteroatoms. The number of nitrogens with zero attached hydrogens (tertiary/aromatic N) is 1. The summed E-state index contributed by atoms with van der Waals surface area (Å²) in [6.45, 7) is 1.39. The van der Waals surface area contributed by atoms with Crippen molar-refractivity contribution >= 4 is 27.3 Å². The van der Waals surface area contributed by atoms with Gasteiger partial charge in [0.25, 0.3) is 5.91 Å². The van der Waals surface area contributed by atoms with E-state index in [-0.39, 0.29) is 23.7 Å². The van der Waals surface area contributed by atoms with Gasteiger partial charge in [-0.25, -0.2) is 4.39 Å². The molecule has 1 aromatic carbocycles. The third kappa shape index (κ3) is 2.15. The minimum Gasteiger partial charge on any atom is -0.393 e. The SMILES string of the molecule is O=C(c1cc2cc(F)ccc2s1)N1CC2CCC(O)C2C1. The van der Waals surface area contributed by atoms with Gasteiger partial charge in [0.1, 0.15) is 5.82 Å². The van der Waals surface area contributed by atoms with Gasteiger partial charge in [0, 0.05) is 23.7 Å². The lowest BCUT2D eigenvalue weighted by atomic mass is 10.00.